The summed E-state index contributed by atoms with van der Waals surface area (Å²) in [5.74, 6) is 0. The SMILES string of the molecule is CC1CC2(CCCN(C)C2)CCO1. The van der Waals surface area contributed by atoms with Gasteiger partial charge >= 0.3 is 0 Å². The maximum Gasteiger partial charge on any atom is 0.0552 e. The lowest BCUT2D eigenvalue weighted by Crippen LogP contribution is -2.46. The van der Waals surface area contributed by atoms with Crippen molar-refractivity contribution in [2.45, 2.75) is 38.7 Å². The first-order chi connectivity index (χ1) is 6.20. The third kappa shape index (κ3) is 2.05. The molecular weight excluding hydrogens is 162 g/mol. The van der Waals surface area contributed by atoms with E-state index in [-0.39, 0.29) is 0 Å². The lowest BCUT2D eigenvalue weighted by Gasteiger charge is -2.45. The summed E-state index contributed by atoms with van der Waals surface area (Å²) in [6, 6.07) is 0. The second-order valence-corrected chi connectivity index (χ2v) is 4.98. The first kappa shape index (κ1) is 9.47. The summed E-state index contributed by atoms with van der Waals surface area (Å²) in [6.07, 6.45) is 5.84. The van der Waals surface area contributed by atoms with Crippen LogP contribution in [-0.4, -0.2) is 37.7 Å². The van der Waals surface area contributed by atoms with Crippen LogP contribution in [0.15, 0.2) is 0 Å². The standard InChI is InChI=1S/C11H21NO/c1-10-8-11(5-7-13-10)4-3-6-12(2)9-11/h10H,3-9H2,1-2H3. The minimum Gasteiger partial charge on any atom is -0.378 e. The summed E-state index contributed by atoms with van der Waals surface area (Å²) in [5.41, 5.74) is 0.602. The summed E-state index contributed by atoms with van der Waals surface area (Å²) in [7, 11) is 2.25. The normalized spacial score (nSPS) is 42.5. The molecule has 2 rings (SSSR count). The zero-order valence-electron chi connectivity index (χ0n) is 8.88. The number of ether oxygens (including phenoxy) is 1. The molecule has 13 heavy (non-hydrogen) atoms. The number of rotatable bonds is 0. The van der Waals surface area contributed by atoms with E-state index in [1.165, 1.54) is 38.8 Å². The first-order valence-corrected chi connectivity index (χ1v) is 5.50. The Kier molecular flexibility index (Phi) is 2.61. The van der Waals surface area contributed by atoms with E-state index in [1.54, 1.807) is 0 Å². The van der Waals surface area contributed by atoms with Crippen LogP contribution in [-0.2, 0) is 4.74 Å². The molecule has 0 amide bonds. The van der Waals surface area contributed by atoms with Gasteiger partial charge in [-0.05, 0) is 51.6 Å². The maximum absolute atomic E-state index is 5.62. The highest BCUT2D eigenvalue weighted by molar-refractivity contribution is 4.89. The van der Waals surface area contributed by atoms with E-state index in [4.69, 9.17) is 4.74 Å². The zero-order valence-corrected chi connectivity index (χ0v) is 8.88. The zero-order chi connectivity index (χ0) is 9.31. The smallest absolute Gasteiger partial charge is 0.0552 e. The van der Waals surface area contributed by atoms with E-state index >= 15 is 0 Å². The van der Waals surface area contributed by atoms with Crippen molar-refractivity contribution in [2.24, 2.45) is 5.41 Å². The van der Waals surface area contributed by atoms with E-state index < -0.39 is 0 Å². The Morgan fingerprint density at radius 3 is 2.92 bits per heavy atom. The predicted octanol–water partition coefficient (Wildman–Crippen LogP) is 1.90. The van der Waals surface area contributed by atoms with Gasteiger partial charge in [0.1, 0.15) is 0 Å². The van der Waals surface area contributed by atoms with Gasteiger partial charge in [0.2, 0.25) is 0 Å². The fourth-order valence-electron chi connectivity index (χ4n) is 3.07. The second-order valence-electron chi connectivity index (χ2n) is 4.98. The Hall–Kier alpha value is -0.0800. The molecular formula is C11H21NO. The summed E-state index contributed by atoms with van der Waals surface area (Å²) in [5, 5.41) is 0. The molecule has 2 aliphatic heterocycles. The van der Waals surface area contributed by atoms with Crippen molar-refractivity contribution in [1.29, 1.82) is 0 Å². The van der Waals surface area contributed by atoms with E-state index in [0.717, 1.165) is 6.61 Å². The van der Waals surface area contributed by atoms with Crippen molar-refractivity contribution in [3.8, 4) is 0 Å². The molecule has 0 saturated carbocycles. The predicted molar refractivity (Wildman–Crippen MR) is 53.8 cm³/mol. The summed E-state index contributed by atoms with van der Waals surface area (Å²) in [6.45, 7) is 5.78. The van der Waals surface area contributed by atoms with Gasteiger partial charge in [-0.1, -0.05) is 0 Å². The molecule has 0 N–H and O–H groups in total. The molecule has 76 valence electrons. The molecule has 0 aromatic rings. The van der Waals surface area contributed by atoms with Crippen molar-refractivity contribution >= 4 is 0 Å². The van der Waals surface area contributed by atoms with Crippen molar-refractivity contribution in [3.05, 3.63) is 0 Å². The number of hydrogen-bond acceptors (Lipinski definition) is 2. The Labute approximate surface area is 81.3 Å². The topological polar surface area (TPSA) is 12.5 Å². The minimum absolute atomic E-state index is 0.486. The molecule has 0 aromatic carbocycles. The molecule has 2 nitrogen and oxygen atoms in total. The van der Waals surface area contributed by atoms with Gasteiger partial charge in [0.05, 0.1) is 6.10 Å². The van der Waals surface area contributed by atoms with Gasteiger partial charge in [0.15, 0.2) is 0 Å². The molecule has 0 aliphatic carbocycles. The van der Waals surface area contributed by atoms with E-state index in [2.05, 4.69) is 18.9 Å². The van der Waals surface area contributed by atoms with Gasteiger partial charge < -0.3 is 9.64 Å². The van der Waals surface area contributed by atoms with Crippen LogP contribution in [0.4, 0.5) is 0 Å². The number of likely N-dealkylation sites (tertiary alicyclic amines) is 1. The summed E-state index contributed by atoms with van der Waals surface area (Å²) in [4.78, 5) is 2.49. The lowest BCUT2D eigenvalue weighted by atomic mass is 9.72. The molecule has 0 aromatic heterocycles. The number of nitrogens with zero attached hydrogens (tertiary/aromatic N) is 1. The van der Waals surface area contributed by atoms with Gasteiger partial charge in [-0.15, -0.1) is 0 Å². The summed E-state index contributed by atoms with van der Waals surface area (Å²) >= 11 is 0. The molecule has 2 fully saturated rings. The Morgan fingerprint density at radius 2 is 2.23 bits per heavy atom. The first-order valence-electron chi connectivity index (χ1n) is 5.50. The van der Waals surface area contributed by atoms with Crippen LogP contribution in [0.5, 0.6) is 0 Å². The van der Waals surface area contributed by atoms with Crippen molar-refractivity contribution in [1.82, 2.24) is 4.90 Å². The molecule has 2 atom stereocenters. The fraction of sp³-hybridized carbons (Fsp3) is 1.00. The Balaban J connectivity index is 2.00. The van der Waals surface area contributed by atoms with E-state index in [1.807, 2.05) is 0 Å². The highest BCUT2D eigenvalue weighted by atomic mass is 16.5. The molecule has 2 saturated heterocycles. The maximum atomic E-state index is 5.62. The highest BCUT2D eigenvalue weighted by Crippen LogP contribution is 2.40. The van der Waals surface area contributed by atoms with Crippen molar-refractivity contribution in [3.63, 3.8) is 0 Å². The highest BCUT2D eigenvalue weighted by Gasteiger charge is 2.37. The van der Waals surface area contributed by atoms with Gasteiger partial charge in [-0.2, -0.15) is 0 Å². The molecule has 0 bridgehead atoms. The van der Waals surface area contributed by atoms with Gasteiger partial charge in [0, 0.05) is 13.2 Å². The van der Waals surface area contributed by atoms with Crippen LogP contribution >= 0.6 is 0 Å². The fourth-order valence-corrected chi connectivity index (χ4v) is 3.07. The van der Waals surface area contributed by atoms with Gasteiger partial charge in [0.25, 0.3) is 0 Å². The third-order valence-electron chi connectivity index (χ3n) is 3.61. The van der Waals surface area contributed by atoms with Gasteiger partial charge in [-0.25, -0.2) is 0 Å². The Bertz CT molecular complexity index is 161. The van der Waals surface area contributed by atoms with Crippen LogP contribution in [0.25, 0.3) is 0 Å². The largest absolute Gasteiger partial charge is 0.378 e. The molecule has 1 spiro atoms. The number of hydrogen-bond donors (Lipinski definition) is 0. The second kappa shape index (κ2) is 3.58. The molecule has 2 heterocycles. The average molecular weight is 183 g/mol. The summed E-state index contributed by atoms with van der Waals surface area (Å²) < 4.78 is 5.62. The Morgan fingerprint density at radius 1 is 1.38 bits per heavy atom. The number of piperidine rings is 1. The van der Waals surface area contributed by atoms with Crippen LogP contribution in [0.3, 0.4) is 0 Å². The van der Waals surface area contributed by atoms with Crippen molar-refractivity contribution in [2.75, 3.05) is 26.7 Å². The van der Waals surface area contributed by atoms with Crippen LogP contribution in [0, 0.1) is 5.41 Å². The van der Waals surface area contributed by atoms with Crippen LogP contribution < -0.4 is 0 Å². The lowest BCUT2D eigenvalue weighted by molar-refractivity contribution is -0.0638. The molecule has 2 aliphatic rings. The van der Waals surface area contributed by atoms with Gasteiger partial charge in [-0.3, -0.25) is 0 Å². The molecule has 2 heteroatoms. The quantitative estimate of drug-likeness (QED) is 0.568. The van der Waals surface area contributed by atoms with Crippen molar-refractivity contribution < 1.29 is 4.74 Å². The van der Waals surface area contributed by atoms with E-state index in [9.17, 15) is 0 Å². The van der Waals surface area contributed by atoms with Crippen LogP contribution in [0.2, 0.25) is 0 Å². The van der Waals surface area contributed by atoms with Crippen LogP contribution in [0.1, 0.15) is 32.6 Å². The average Bonchev–Trinajstić information content (AvgIpc) is 2.02. The molecule has 0 radical (unpaired) electrons. The van der Waals surface area contributed by atoms with E-state index in [0.29, 0.717) is 11.5 Å². The minimum atomic E-state index is 0.486. The third-order valence-corrected chi connectivity index (χ3v) is 3.61. The monoisotopic (exact) mass is 183 g/mol. The molecule has 2 unspecified atom stereocenters.